The van der Waals surface area contributed by atoms with Gasteiger partial charge in [-0.05, 0) is 18.9 Å². The molecule has 1 aliphatic rings. The average Bonchev–Trinajstić information content (AvgIpc) is 3.05. The van der Waals surface area contributed by atoms with Gasteiger partial charge in [-0.25, -0.2) is 8.42 Å². The van der Waals surface area contributed by atoms with E-state index in [0.717, 1.165) is 32.0 Å². The van der Waals surface area contributed by atoms with Crippen LogP contribution in [0.25, 0.3) is 0 Å². The third-order valence-corrected chi connectivity index (χ3v) is 4.67. The predicted octanol–water partition coefficient (Wildman–Crippen LogP) is 0.837. The molecule has 0 radical (unpaired) electrons. The second-order valence-corrected chi connectivity index (χ2v) is 8.00. The maximum Gasteiger partial charge on any atom is 0.193 e. The maximum absolute atomic E-state index is 11.2. The van der Waals surface area contributed by atoms with Crippen LogP contribution >= 0.6 is 24.0 Å². The molecular formula is C14H26IN5O2S. The largest absolute Gasteiger partial charge is 0.357 e. The third-order valence-electron chi connectivity index (χ3n) is 3.74. The predicted molar refractivity (Wildman–Crippen MR) is 103 cm³/mol. The van der Waals surface area contributed by atoms with Crippen LogP contribution in [0.4, 0.5) is 0 Å². The van der Waals surface area contributed by atoms with Gasteiger partial charge in [0, 0.05) is 45.1 Å². The number of sulfone groups is 1. The molecule has 1 unspecified atom stereocenters. The second-order valence-electron chi connectivity index (χ2n) is 5.74. The molecule has 2 rings (SSSR count). The number of guanidine groups is 1. The summed E-state index contributed by atoms with van der Waals surface area (Å²) in [6.07, 6.45) is 6.27. The normalized spacial score (nSPS) is 18.8. The summed E-state index contributed by atoms with van der Waals surface area (Å²) in [7, 11) is -1.05. The standard InChI is InChI=1S/C14H25N5O2S.HI/c1-4-15-14(16-6-8-22(3,20)21)19-7-5-12(11-19)13-9-17-18(2)10-13;/h9-10,12H,4-8,11H2,1-3H3,(H,15,16);1H. The number of hydrogen-bond acceptors (Lipinski definition) is 4. The first-order valence-corrected chi connectivity index (χ1v) is 9.64. The molecule has 0 amide bonds. The van der Waals surface area contributed by atoms with E-state index >= 15 is 0 Å². The summed E-state index contributed by atoms with van der Waals surface area (Å²) in [6, 6.07) is 0. The second kappa shape index (κ2) is 8.86. The van der Waals surface area contributed by atoms with Crippen molar-refractivity contribution in [2.75, 3.05) is 38.2 Å². The number of nitrogens with zero attached hydrogens (tertiary/aromatic N) is 4. The molecule has 1 aromatic heterocycles. The highest BCUT2D eigenvalue weighted by Crippen LogP contribution is 2.26. The number of rotatable bonds is 5. The molecule has 0 spiro atoms. The van der Waals surface area contributed by atoms with Crippen LogP contribution in [0.1, 0.15) is 24.8 Å². The van der Waals surface area contributed by atoms with E-state index in [2.05, 4.69) is 26.5 Å². The van der Waals surface area contributed by atoms with Gasteiger partial charge in [0.2, 0.25) is 0 Å². The SMILES string of the molecule is CCNC(=NCCS(C)(=O)=O)N1CCC(c2cnn(C)c2)C1.I. The fraction of sp³-hybridized carbons (Fsp3) is 0.714. The molecular weight excluding hydrogens is 429 g/mol. The van der Waals surface area contributed by atoms with Crippen molar-refractivity contribution in [3.63, 3.8) is 0 Å². The van der Waals surface area contributed by atoms with Crippen molar-refractivity contribution in [3.8, 4) is 0 Å². The lowest BCUT2D eigenvalue weighted by molar-refractivity contribution is 0.486. The number of aromatic nitrogens is 2. The van der Waals surface area contributed by atoms with Gasteiger partial charge in [-0.3, -0.25) is 9.67 Å². The number of likely N-dealkylation sites (tertiary alicyclic amines) is 1. The van der Waals surface area contributed by atoms with Gasteiger partial charge in [-0.1, -0.05) is 0 Å². The summed E-state index contributed by atoms with van der Waals surface area (Å²) in [6.45, 7) is 4.89. The molecule has 0 aliphatic carbocycles. The van der Waals surface area contributed by atoms with Crippen molar-refractivity contribution >= 4 is 39.8 Å². The van der Waals surface area contributed by atoms with E-state index in [1.807, 2.05) is 24.9 Å². The quantitative estimate of drug-likeness (QED) is 0.405. The molecule has 23 heavy (non-hydrogen) atoms. The van der Waals surface area contributed by atoms with Crippen LogP contribution in [0.15, 0.2) is 17.4 Å². The number of aliphatic imine (C=N–C) groups is 1. The van der Waals surface area contributed by atoms with Crippen LogP contribution in [-0.2, 0) is 16.9 Å². The number of aryl methyl sites for hydroxylation is 1. The summed E-state index contributed by atoms with van der Waals surface area (Å²) >= 11 is 0. The molecule has 0 aromatic carbocycles. The summed E-state index contributed by atoms with van der Waals surface area (Å²) in [5.41, 5.74) is 1.25. The molecule has 0 bridgehead atoms. The minimum Gasteiger partial charge on any atom is -0.357 e. The van der Waals surface area contributed by atoms with Gasteiger partial charge in [-0.15, -0.1) is 24.0 Å². The molecule has 1 N–H and O–H groups in total. The Balaban J connectivity index is 0.00000264. The molecule has 1 saturated heterocycles. The Morgan fingerprint density at radius 3 is 2.83 bits per heavy atom. The summed E-state index contributed by atoms with van der Waals surface area (Å²) in [5.74, 6) is 1.34. The van der Waals surface area contributed by atoms with Gasteiger partial charge in [0.1, 0.15) is 9.84 Å². The van der Waals surface area contributed by atoms with E-state index < -0.39 is 9.84 Å². The first-order valence-electron chi connectivity index (χ1n) is 7.58. The Morgan fingerprint density at radius 2 is 2.26 bits per heavy atom. The number of halogens is 1. The van der Waals surface area contributed by atoms with Gasteiger partial charge >= 0.3 is 0 Å². The molecule has 1 atom stereocenters. The van der Waals surface area contributed by atoms with E-state index in [9.17, 15) is 8.42 Å². The van der Waals surface area contributed by atoms with E-state index in [-0.39, 0.29) is 29.7 Å². The molecule has 0 saturated carbocycles. The molecule has 1 fully saturated rings. The smallest absolute Gasteiger partial charge is 0.193 e. The lowest BCUT2D eigenvalue weighted by Crippen LogP contribution is -2.40. The van der Waals surface area contributed by atoms with Crippen molar-refractivity contribution in [2.24, 2.45) is 12.0 Å². The van der Waals surface area contributed by atoms with Crippen molar-refractivity contribution < 1.29 is 8.42 Å². The van der Waals surface area contributed by atoms with Gasteiger partial charge in [0.05, 0.1) is 18.5 Å². The van der Waals surface area contributed by atoms with E-state index in [0.29, 0.717) is 12.5 Å². The zero-order valence-electron chi connectivity index (χ0n) is 13.9. The van der Waals surface area contributed by atoms with Gasteiger partial charge < -0.3 is 10.2 Å². The lowest BCUT2D eigenvalue weighted by atomic mass is 10.0. The maximum atomic E-state index is 11.2. The third kappa shape index (κ3) is 6.28. The van der Waals surface area contributed by atoms with Gasteiger partial charge in [0.25, 0.3) is 0 Å². The Kier molecular flexibility index (Phi) is 7.78. The Morgan fingerprint density at radius 1 is 1.52 bits per heavy atom. The van der Waals surface area contributed by atoms with Gasteiger partial charge in [0.15, 0.2) is 5.96 Å². The summed E-state index contributed by atoms with van der Waals surface area (Å²) in [4.78, 5) is 6.64. The topological polar surface area (TPSA) is 79.6 Å². The zero-order valence-corrected chi connectivity index (χ0v) is 17.0. The zero-order chi connectivity index (χ0) is 16.2. The van der Waals surface area contributed by atoms with Crippen molar-refractivity contribution in [2.45, 2.75) is 19.3 Å². The lowest BCUT2D eigenvalue weighted by Gasteiger charge is -2.21. The Hall–Kier alpha value is -0.840. The molecule has 7 nitrogen and oxygen atoms in total. The van der Waals surface area contributed by atoms with Crippen LogP contribution < -0.4 is 5.32 Å². The van der Waals surface area contributed by atoms with E-state index in [4.69, 9.17) is 0 Å². The molecule has 1 aromatic rings. The number of hydrogen-bond donors (Lipinski definition) is 1. The van der Waals surface area contributed by atoms with E-state index in [1.165, 1.54) is 11.8 Å². The highest BCUT2D eigenvalue weighted by Gasteiger charge is 2.26. The van der Waals surface area contributed by atoms with Gasteiger partial charge in [-0.2, -0.15) is 5.10 Å². The first kappa shape index (κ1) is 20.2. The Labute approximate surface area is 155 Å². The van der Waals surface area contributed by atoms with Crippen molar-refractivity contribution in [3.05, 3.63) is 18.0 Å². The fourth-order valence-electron chi connectivity index (χ4n) is 2.62. The Bertz CT molecular complexity index is 629. The molecule has 132 valence electrons. The monoisotopic (exact) mass is 455 g/mol. The van der Waals surface area contributed by atoms with Crippen LogP contribution in [0.5, 0.6) is 0 Å². The highest BCUT2D eigenvalue weighted by molar-refractivity contribution is 14.0. The molecule has 1 aliphatic heterocycles. The van der Waals surface area contributed by atoms with E-state index in [1.54, 1.807) is 0 Å². The average molecular weight is 455 g/mol. The fourth-order valence-corrected chi connectivity index (χ4v) is 3.04. The summed E-state index contributed by atoms with van der Waals surface area (Å²) < 4.78 is 24.3. The molecule has 9 heteroatoms. The highest BCUT2D eigenvalue weighted by atomic mass is 127. The van der Waals surface area contributed by atoms with Crippen LogP contribution in [0, 0.1) is 0 Å². The van der Waals surface area contributed by atoms with Crippen LogP contribution in [0.2, 0.25) is 0 Å². The minimum atomic E-state index is -2.97. The molecule has 2 heterocycles. The minimum absolute atomic E-state index is 0. The van der Waals surface area contributed by atoms with Crippen molar-refractivity contribution in [1.29, 1.82) is 0 Å². The number of nitrogens with one attached hydrogen (secondary N) is 1. The summed E-state index contributed by atoms with van der Waals surface area (Å²) in [5, 5.41) is 7.48. The first-order chi connectivity index (χ1) is 10.4. The van der Waals surface area contributed by atoms with Crippen LogP contribution in [0.3, 0.4) is 0 Å². The van der Waals surface area contributed by atoms with Crippen LogP contribution in [-0.4, -0.2) is 67.2 Å². The van der Waals surface area contributed by atoms with Crippen molar-refractivity contribution in [1.82, 2.24) is 20.0 Å².